The van der Waals surface area contributed by atoms with E-state index in [1.807, 2.05) is 0 Å². The fourth-order valence-electron chi connectivity index (χ4n) is 2.34. The summed E-state index contributed by atoms with van der Waals surface area (Å²) in [7, 11) is 0. The molecule has 0 bridgehead atoms. The number of nitrogens with one attached hydrogen (secondary N) is 1. The molecule has 0 radical (unpaired) electrons. The van der Waals surface area contributed by atoms with Crippen molar-refractivity contribution in [1.82, 2.24) is 5.32 Å². The minimum Gasteiger partial charge on any atom is -0.367 e. The van der Waals surface area contributed by atoms with Crippen LogP contribution in [0.2, 0.25) is 0 Å². The maximum Gasteiger partial charge on any atom is 0.0414 e. The van der Waals surface area contributed by atoms with Gasteiger partial charge in [-0.3, -0.25) is 0 Å². The van der Waals surface area contributed by atoms with Gasteiger partial charge in [0, 0.05) is 42.4 Å². The van der Waals surface area contributed by atoms with Crippen LogP contribution in [0.5, 0.6) is 0 Å². The highest BCUT2D eigenvalue weighted by Gasteiger charge is 2.20. The van der Waals surface area contributed by atoms with E-state index in [-0.39, 0.29) is 0 Å². The monoisotopic (exact) mass is 264 g/mol. The van der Waals surface area contributed by atoms with Crippen LogP contribution in [0, 0.1) is 0 Å². The molecule has 1 aromatic carbocycles. The number of anilines is 1. The highest BCUT2D eigenvalue weighted by atomic mass is 32.2. The summed E-state index contributed by atoms with van der Waals surface area (Å²) in [6.45, 7) is 8.86. The van der Waals surface area contributed by atoms with Crippen LogP contribution in [0.15, 0.2) is 24.3 Å². The minimum absolute atomic E-state index is 0.535. The molecule has 1 aliphatic heterocycles. The summed E-state index contributed by atoms with van der Waals surface area (Å²) in [4.78, 5) is 2.56. The zero-order valence-electron chi connectivity index (χ0n) is 11.6. The summed E-state index contributed by atoms with van der Waals surface area (Å²) in [6.07, 6.45) is 0. The first kappa shape index (κ1) is 13.8. The Morgan fingerprint density at radius 1 is 1.39 bits per heavy atom. The quantitative estimate of drug-likeness (QED) is 0.899. The summed E-state index contributed by atoms with van der Waals surface area (Å²) < 4.78 is 0. The van der Waals surface area contributed by atoms with Crippen LogP contribution in [-0.2, 0) is 6.54 Å². The third-order valence-corrected chi connectivity index (χ3v) is 4.56. The maximum absolute atomic E-state index is 3.52. The van der Waals surface area contributed by atoms with E-state index in [1.54, 1.807) is 0 Å². The molecule has 1 fully saturated rings. The molecule has 1 aromatic rings. The molecule has 2 nitrogen and oxygen atoms in total. The topological polar surface area (TPSA) is 15.3 Å². The predicted molar refractivity (Wildman–Crippen MR) is 82.6 cm³/mol. The third kappa shape index (κ3) is 3.42. The average molecular weight is 264 g/mol. The summed E-state index contributed by atoms with van der Waals surface area (Å²) in [5.41, 5.74) is 2.84. The van der Waals surface area contributed by atoms with Gasteiger partial charge in [-0.25, -0.2) is 0 Å². The van der Waals surface area contributed by atoms with Gasteiger partial charge < -0.3 is 10.2 Å². The number of hydrogen-bond acceptors (Lipinski definition) is 3. The Balaban J connectivity index is 2.15. The lowest BCUT2D eigenvalue weighted by Crippen LogP contribution is -2.41. The fourth-order valence-corrected chi connectivity index (χ4v) is 3.35. The van der Waals surface area contributed by atoms with Crippen LogP contribution in [-0.4, -0.2) is 30.1 Å². The Morgan fingerprint density at radius 3 is 2.89 bits per heavy atom. The Morgan fingerprint density at radius 2 is 2.17 bits per heavy atom. The van der Waals surface area contributed by atoms with Gasteiger partial charge in [-0.1, -0.05) is 32.0 Å². The second kappa shape index (κ2) is 6.48. The van der Waals surface area contributed by atoms with Gasteiger partial charge in [0.1, 0.15) is 0 Å². The minimum atomic E-state index is 0.535. The molecular formula is C15H24N2S. The van der Waals surface area contributed by atoms with E-state index in [9.17, 15) is 0 Å². The van der Waals surface area contributed by atoms with Crippen LogP contribution in [0.25, 0.3) is 0 Å². The highest BCUT2D eigenvalue weighted by Crippen LogP contribution is 2.27. The molecule has 1 N–H and O–H groups in total. The van der Waals surface area contributed by atoms with Crippen LogP contribution in [0.3, 0.4) is 0 Å². The van der Waals surface area contributed by atoms with Crippen molar-refractivity contribution < 1.29 is 0 Å². The first-order valence-corrected chi connectivity index (χ1v) is 7.99. The molecule has 0 saturated carbocycles. The number of nitrogens with zero attached hydrogens (tertiary/aromatic N) is 1. The molecule has 18 heavy (non-hydrogen) atoms. The van der Waals surface area contributed by atoms with E-state index in [2.05, 4.69) is 67.0 Å². The Labute approximate surface area is 115 Å². The van der Waals surface area contributed by atoms with E-state index >= 15 is 0 Å². The van der Waals surface area contributed by atoms with Gasteiger partial charge in [0.2, 0.25) is 0 Å². The maximum atomic E-state index is 3.52. The Kier molecular flexibility index (Phi) is 4.95. The predicted octanol–water partition coefficient (Wildman–Crippen LogP) is 3.13. The molecular weight excluding hydrogens is 240 g/mol. The van der Waals surface area contributed by atoms with Crippen molar-refractivity contribution in [2.24, 2.45) is 0 Å². The van der Waals surface area contributed by atoms with Crippen molar-refractivity contribution in [1.29, 1.82) is 0 Å². The standard InChI is InChI=1S/C15H24N2S/c1-12(2)16-10-14-6-4-5-7-15(14)17-8-9-18-11-13(17)3/h4-7,12-13,16H,8-11H2,1-3H3. The van der Waals surface area contributed by atoms with Crippen LogP contribution in [0.4, 0.5) is 5.69 Å². The lowest BCUT2D eigenvalue weighted by molar-refractivity contribution is 0.586. The van der Waals surface area contributed by atoms with Gasteiger partial charge >= 0.3 is 0 Å². The zero-order valence-corrected chi connectivity index (χ0v) is 12.5. The molecule has 1 atom stereocenters. The normalized spacial score (nSPS) is 20.4. The lowest BCUT2D eigenvalue weighted by atomic mass is 10.1. The summed E-state index contributed by atoms with van der Waals surface area (Å²) in [6, 6.07) is 9.99. The molecule has 1 saturated heterocycles. The van der Waals surface area contributed by atoms with Crippen LogP contribution >= 0.6 is 11.8 Å². The van der Waals surface area contributed by atoms with Crippen LogP contribution < -0.4 is 10.2 Å². The third-order valence-electron chi connectivity index (χ3n) is 3.37. The molecule has 0 spiro atoms. The van der Waals surface area contributed by atoms with Crippen molar-refractivity contribution in [2.45, 2.75) is 39.4 Å². The van der Waals surface area contributed by atoms with E-state index in [4.69, 9.17) is 0 Å². The van der Waals surface area contributed by atoms with Gasteiger partial charge in [0.25, 0.3) is 0 Å². The SMILES string of the molecule is CC(C)NCc1ccccc1N1CCSCC1C. The van der Waals surface area contributed by atoms with Gasteiger partial charge in [0.15, 0.2) is 0 Å². The van der Waals surface area contributed by atoms with Crippen molar-refractivity contribution in [3.8, 4) is 0 Å². The smallest absolute Gasteiger partial charge is 0.0414 e. The second-order valence-electron chi connectivity index (χ2n) is 5.28. The molecule has 1 unspecified atom stereocenters. The van der Waals surface area contributed by atoms with Crippen LogP contribution in [0.1, 0.15) is 26.3 Å². The molecule has 0 amide bonds. The number of rotatable bonds is 4. The van der Waals surface area contributed by atoms with Crippen molar-refractivity contribution in [3.05, 3.63) is 29.8 Å². The number of hydrogen-bond donors (Lipinski definition) is 1. The number of thioether (sulfide) groups is 1. The average Bonchev–Trinajstić information content (AvgIpc) is 2.37. The first-order valence-electron chi connectivity index (χ1n) is 6.84. The van der Waals surface area contributed by atoms with Crippen molar-refractivity contribution in [3.63, 3.8) is 0 Å². The summed E-state index contributed by atoms with van der Waals surface area (Å²) in [5.74, 6) is 2.49. The summed E-state index contributed by atoms with van der Waals surface area (Å²) >= 11 is 2.07. The summed E-state index contributed by atoms with van der Waals surface area (Å²) in [5, 5.41) is 3.52. The molecule has 3 heteroatoms. The Bertz CT molecular complexity index is 379. The molecule has 0 aromatic heterocycles. The van der Waals surface area contributed by atoms with Gasteiger partial charge in [-0.05, 0) is 18.6 Å². The van der Waals surface area contributed by atoms with E-state index < -0.39 is 0 Å². The number of para-hydroxylation sites is 1. The van der Waals surface area contributed by atoms with E-state index in [0.29, 0.717) is 12.1 Å². The van der Waals surface area contributed by atoms with Gasteiger partial charge in [-0.15, -0.1) is 0 Å². The van der Waals surface area contributed by atoms with E-state index in [0.717, 1.165) is 6.54 Å². The molecule has 2 rings (SSSR count). The van der Waals surface area contributed by atoms with Crippen molar-refractivity contribution >= 4 is 17.4 Å². The van der Waals surface area contributed by atoms with E-state index in [1.165, 1.54) is 29.3 Å². The molecule has 1 heterocycles. The largest absolute Gasteiger partial charge is 0.367 e. The highest BCUT2D eigenvalue weighted by molar-refractivity contribution is 7.99. The second-order valence-corrected chi connectivity index (χ2v) is 6.43. The number of benzene rings is 1. The first-order chi connectivity index (χ1) is 8.68. The molecule has 1 aliphatic rings. The lowest BCUT2D eigenvalue weighted by Gasteiger charge is -2.36. The molecule has 100 valence electrons. The van der Waals surface area contributed by atoms with Gasteiger partial charge in [0.05, 0.1) is 0 Å². The zero-order chi connectivity index (χ0) is 13.0. The Hall–Kier alpha value is -0.670. The molecule has 0 aliphatic carbocycles. The van der Waals surface area contributed by atoms with Crippen molar-refractivity contribution in [2.75, 3.05) is 23.0 Å². The fraction of sp³-hybridized carbons (Fsp3) is 0.600. The van der Waals surface area contributed by atoms with Gasteiger partial charge in [-0.2, -0.15) is 11.8 Å².